The maximum absolute atomic E-state index is 13.0. The molecular formula is C13H16ClO2P. The van der Waals surface area contributed by atoms with Gasteiger partial charge in [-0.05, 0) is 6.92 Å². The molecule has 0 amide bonds. The average molecular weight is 271 g/mol. The van der Waals surface area contributed by atoms with E-state index in [0.717, 1.165) is 5.30 Å². The number of rotatable bonds is 2. The molecule has 0 N–H and O–H groups in total. The smallest absolute Gasteiger partial charge is 0.122 e. The monoisotopic (exact) mass is 270 g/mol. The number of ether oxygens (including phenoxy) is 1. The van der Waals surface area contributed by atoms with Crippen molar-refractivity contribution in [2.75, 3.05) is 19.4 Å². The highest BCUT2D eigenvalue weighted by Gasteiger charge is 2.41. The van der Waals surface area contributed by atoms with Gasteiger partial charge in [0.15, 0.2) is 0 Å². The second kappa shape index (κ2) is 4.61. The zero-order valence-electron chi connectivity index (χ0n) is 10.0. The molecule has 1 aliphatic heterocycles. The Labute approximate surface area is 107 Å². The van der Waals surface area contributed by atoms with Crippen molar-refractivity contribution in [2.45, 2.75) is 12.5 Å². The molecule has 0 unspecified atom stereocenters. The fourth-order valence-corrected chi connectivity index (χ4v) is 5.54. The Morgan fingerprint density at radius 3 is 2.59 bits per heavy atom. The maximum atomic E-state index is 13.0. The lowest BCUT2D eigenvalue weighted by Gasteiger charge is -2.35. The van der Waals surface area contributed by atoms with Gasteiger partial charge in [0.2, 0.25) is 0 Å². The summed E-state index contributed by atoms with van der Waals surface area (Å²) < 4.78 is 18.4. The number of benzene rings is 1. The van der Waals surface area contributed by atoms with Crippen LogP contribution in [0.1, 0.15) is 6.92 Å². The predicted octanol–water partition coefficient (Wildman–Crippen LogP) is 3.22. The van der Waals surface area contributed by atoms with Gasteiger partial charge in [0.05, 0.1) is 0 Å². The normalized spacial score (nSPS) is 33.2. The van der Waals surface area contributed by atoms with Crippen LogP contribution >= 0.6 is 18.7 Å². The van der Waals surface area contributed by atoms with Crippen molar-refractivity contribution in [2.24, 2.45) is 0 Å². The minimum absolute atomic E-state index is 0.468. The molecule has 1 aromatic rings. The molecule has 92 valence electrons. The summed E-state index contributed by atoms with van der Waals surface area (Å²) in [6.07, 6.45) is 2.83. The highest BCUT2D eigenvalue weighted by Crippen LogP contribution is 2.53. The second-order valence-corrected chi connectivity index (χ2v) is 7.94. The molecule has 0 saturated carbocycles. The molecule has 0 radical (unpaired) electrons. The van der Waals surface area contributed by atoms with Crippen molar-refractivity contribution in [1.29, 1.82) is 0 Å². The molecule has 1 heterocycles. The van der Waals surface area contributed by atoms with Crippen LogP contribution in [0.5, 0.6) is 0 Å². The number of methoxy groups -OCH3 is 1. The first-order valence-corrected chi connectivity index (χ1v) is 8.01. The minimum atomic E-state index is -2.43. The molecule has 0 aromatic heterocycles. The number of halogens is 1. The lowest BCUT2D eigenvalue weighted by molar-refractivity contribution is 0.0629. The molecule has 2 rings (SSSR count). The quantitative estimate of drug-likeness (QED) is 0.772. The van der Waals surface area contributed by atoms with E-state index >= 15 is 0 Å². The summed E-state index contributed by atoms with van der Waals surface area (Å²) in [6.45, 7) is 1.89. The summed E-state index contributed by atoms with van der Waals surface area (Å²) in [4.78, 5) is 0. The van der Waals surface area contributed by atoms with Crippen LogP contribution in [0, 0.1) is 0 Å². The van der Waals surface area contributed by atoms with E-state index in [4.69, 9.17) is 16.3 Å². The molecule has 0 bridgehead atoms. The first-order chi connectivity index (χ1) is 8.00. The zero-order valence-corrected chi connectivity index (χ0v) is 11.7. The van der Waals surface area contributed by atoms with E-state index in [1.807, 2.05) is 43.3 Å². The Bertz CT molecular complexity index is 483. The second-order valence-electron chi connectivity index (χ2n) is 4.55. The average Bonchev–Trinajstić information content (AvgIpc) is 2.36. The van der Waals surface area contributed by atoms with Gasteiger partial charge < -0.3 is 9.30 Å². The fraction of sp³-hybridized carbons (Fsp3) is 0.385. The summed E-state index contributed by atoms with van der Waals surface area (Å²) in [5.41, 5.74) is -0.620. The van der Waals surface area contributed by atoms with Crippen LogP contribution in [0.4, 0.5) is 0 Å². The zero-order chi connectivity index (χ0) is 12.5. The molecule has 0 aliphatic carbocycles. The van der Waals surface area contributed by atoms with Gasteiger partial charge in [-0.3, -0.25) is 0 Å². The van der Waals surface area contributed by atoms with Crippen LogP contribution in [0.3, 0.4) is 0 Å². The molecule has 2 nitrogen and oxygen atoms in total. The van der Waals surface area contributed by atoms with Crippen molar-refractivity contribution in [3.63, 3.8) is 0 Å². The van der Waals surface area contributed by atoms with Gasteiger partial charge in [-0.2, -0.15) is 0 Å². The third kappa shape index (κ3) is 2.35. The Balaban J connectivity index is 2.41. The lowest BCUT2D eigenvalue weighted by Crippen LogP contribution is -2.37. The van der Waals surface area contributed by atoms with E-state index in [1.54, 1.807) is 7.11 Å². The number of hydrogen-bond donors (Lipinski definition) is 0. The Hall–Kier alpha value is -0.560. The van der Waals surface area contributed by atoms with Crippen LogP contribution in [0.2, 0.25) is 0 Å². The summed E-state index contributed by atoms with van der Waals surface area (Å²) in [5, 5.41) is 1.56. The van der Waals surface area contributed by atoms with Gasteiger partial charge in [-0.25, -0.2) is 0 Å². The molecule has 2 atom stereocenters. The fourth-order valence-electron chi connectivity index (χ4n) is 2.13. The maximum Gasteiger partial charge on any atom is 0.122 e. The third-order valence-electron chi connectivity index (χ3n) is 3.31. The topological polar surface area (TPSA) is 26.3 Å². The predicted molar refractivity (Wildman–Crippen MR) is 72.8 cm³/mol. The van der Waals surface area contributed by atoms with Crippen LogP contribution in [-0.2, 0) is 9.30 Å². The van der Waals surface area contributed by atoms with E-state index in [2.05, 4.69) is 0 Å². The van der Waals surface area contributed by atoms with E-state index < -0.39 is 12.7 Å². The summed E-state index contributed by atoms with van der Waals surface area (Å²) >= 11 is 6.15. The SMILES string of the molecule is CO[C@]1(C)C[P@@](=O)(c2ccccc2)CC=C1Cl. The largest absolute Gasteiger partial charge is 0.372 e. The molecule has 1 aliphatic rings. The minimum Gasteiger partial charge on any atom is -0.372 e. The first-order valence-electron chi connectivity index (χ1n) is 5.55. The third-order valence-corrected chi connectivity index (χ3v) is 6.99. The van der Waals surface area contributed by atoms with Crippen molar-refractivity contribution < 1.29 is 9.30 Å². The molecule has 1 aromatic carbocycles. The molecule has 17 heavy (non-hydrogen) atoms. The van der Waals surface area contributed by atoms with E-state index in [9.17, 15) is 4.57 Å². The van der Waals surface area contributed by atoms with Gasteiger partial charge in [0, 0.05) is 29.8 Å². The van der Waals surface area contributed by atoms with Crippen LogP contribution in [0.15, 0.2) is 41.4 Å². The van der Waals surface area contributed by atoms with Crippen molar-refractivity contribution in [1.82, 2.24) is 0 Å². The Kier molecular flexibility index (Phi) is 3.49. The standard InChI is InChI=1S/C13H16ClO2P/c1-13(16-2)10-17(15,9-8-12(13)14)11-6-4-3-5-7-11/h3-8H,9-10H2,1-2H3/t13-,17-/m1/s1. The van der Waals surface area contributed by atoms with Crippen LogP contribution in [-0.4, -0.2) is 25.0 Å². The van der Waals surface area contributed by atoms with Gasteiger partial charge in [0.25, 0.3) is 0 Å². The summed E-state index contributed by atoms with van der Waals surface area (Å²) in [5.74, 6) is 0. The van der Waals surface area contributed by atoms with Crippen LogP contribution < -0.4 is 5.30 Å². The molecule has 0 saturated heterocycles. The molecule has 0 fully saturated rings. The first kappa shape index (κ1) is 12.9. The van der Waals surface area contributed by atoms with Gasteiger partial charge in [-0.15, -0.1) is 0 Å². The van der Waals surface area contributed by atoms with Crippen molar-refractivity contribution >= 4 is 24.0 Å². The molecule has 0 spiro atoms. The summed E-state index contributed by atoms with van der Waals surface area (Å²) in [7, 11) is -0.819. The Morgan fingerprint density at radius 2 is 2.00 bits per heavy atom. The highest BCUT2D eigenvalue weighted by atomic mass is 35.5. The number of hydrogen-bond acceptors (Lipinski definition) is 2. The highest BCUT2D eigenvalue weighted by molar-refractivity contribution is 7.71. The Morgan fingerprint density at radius 1 is 1.35 bits per heavy atom. The number of allylic oxidation sites excluding steroid dienone is 1. The van der Waals surface area contributed by atoms with Crippen molar-refractivity contribution in [3.05, 3.63) is 41.4 Å². The lowest BCUT2D eigenvalue weighted by atomic mass is 10.1. The molecular weight excluding hydrogens is 255 g/mol. The summed E-state index contributed by atoms with van der Waals surface area (Å²) in [6, 6.07) is 9.60. The van der Waals surface area contributed by atoms with Crippen LogP contribution in [0.25, 0.3) is 0 Å². The van der Waals surface area contributed by atoms with Crippen molar-refractivity contribution in [3.8, 4) is 0 Å². The molecule has 4 heteroatoms. The van der Waals surface area contributed by atoms with Gasteiger partial charge in [0.1, 0.15) is 12.7 Å². The van der Waals surface area contributed by atoms with Gasteiger partial charge >= 0.3 is 0 Å². The van der Waals surface area contributed by atoms with E-state index in [1.165, 1.54) is 0 Å². The van der Waals surface area contributed by atoms with E-state index in [0.29, 0.717) is 17.4 Å². The van der Waals surface area contributed by atoms with E-state index in [-0.39, 0.29) is 0 Å². The van der Waals surface area contributed by atoms with Gasteiger partial charge in [-0.1, -0.05) is 48.0 Å².